The van der Waals surface area contributed by atoms with E-state index in [1.165, 1.54) is 0 Å². The molecule has 92 valence electrons. The minimum atomic E-state index is -0.911. The van der Waals surface area contributed by atoms with E-state index >= 15 is 0 Å². The van der Waals surface area contributed by atoms with Gasteiger partial charge in [0.2, 0.25) is 5.95 Å². The van der Waals surface area contributed by atoms with Gasteiger partial charge in [-0.1, -0.05) is 0 Å². The molecule has 1 fully saturated rings. The molecule has 0 spiro atoms. The Hall–Kier alpha value is -1.69. The lowest BCUT2D eigenvalue weighted by Gasteiger charge is -2.32. The number of nitrogens with zero attached hydrogens (tertiary/aromatic N) is 3. The van der Waals surface area contributed by atoms with Crippen molar-refractivity contribution in [2.75, 3.05) is 24.7 Å². The van der Waals surface area contributed by atoms with Crippen molar-refractivity contribution >= 4 is 11.9 Å². The molecule has 0 aliphatic carbocycles. The van der Waals surface area contributed by atoms with Crippen LogP contribution in [-0.4, -0.2) is 46.8 Å². The lowest BCUT2D eigenvalue weighted by molar-refractivity contribution is -0.141. The molecule has 1 unspecified atom stereocenters. The average Bonchev–Trinajstić information content (AvgIpc) is 2.32. The summed E-state index contributed by atoms with van der Waals surface area (Å²) in [4.78, 5) is 21.3. The summed E-state index contributed by atoms with van der Waals surface area (Å²) in [7, 11) is 0. The molecule has 0 amide bonds. The highest BCUT2D eigenvalue weighted by Crippen LogP contribution is 2.16. The Bertz CT molecular complexity index is 436. The molecule has 6 heteroatoms. The maximum absolute atomic E-state index is 11.1. The first-order valence-electron chi connectivity index (χ1n) is 5.47. The third-order valence-electron chi connectivity index (χ3n) is 2.88. The van der Waals surface area contributed by atoms with E-state index in [-0.39, 0.29) is 6.61 Å². The molecule has 0 bridgehead atoms. The van der Waals surface area contributed by atoms with Crippen molar-refractivity contribution in [3.8, 4) is 0 Å². The van der Waals surface area contributed by atoms with Gasteiger partial charge in [-0.15, -0.1) is 0 Å². The van der Waals surface area contributed by atoms with E-state index in [4.69, 9.17) is 9.84 Å². The molecule has 1 N–H and O–H groups in total. The zero-order valence-corrected chi connectivity index (χ0v) is 9.88. The van der Waals surface area contributed by atoms with Gasteiger partial charge in [0.15, 0.2) is 6.04 Å². The Kier molecular flexibility index (Phi) is 3.23. The highest BCUT2D eigenvalue weighted by molar-refractivity contribution is 5.77. The summed E-state index contributed by atoms with van der Waals surface area (Å²) in [6.45, 7) is 4.98. The second kappa shape index (κ2) is 4.67. The largest absolute Gasteiger partial charge is 0.480 e. The summed E-state index contributed by atoms with van der Waals surface area (Å²) in [5.74, 6) is -0.449. The van der Waals surface area contributed by atoms with E-state index in [0.717, 1.165) is 11.3 Å². The molecule has 2 rings (SSSR count). The fourth-order valence-corrected chi connectivity index (χ4v) is 1.70. The number of hydrogen-bond acceptors (Lipinski definition) is 5. The summed E-state index contributed by atoms with van der Waals surface area (Å²) < 4.78 is 5.17. The summed E-state index contributed by atoms with van der Waals surface area (Å²) in [5.41, 5.74) is 1.86. The van der Waals surface area contributed by atoms with Crippen LogP contribution in [0.5, 0.6) is 0 Å². The van der Waals surface area contributed by atoms with Gasteiger partial charge in [-0.25, -0.2) is 14.8 Å². The smallest absolute Gasteiger partial charge is 0.328 e. The molecule has 0 radical (unpaired) electrons. The van der Waals surface area contributed by atoms with Crippen molar-refractivity contribution in [2.45, 2.75) is 19.9 Å². The second-order valence-electron chi connectivity index (χ2n) is 4.06. The van der Waals surface area contributed by atoms with Gasteiger partial charge in [0, 0.05) is 18.4 Å². The zero-order chi connectivity index (χ0) is 12.4. The first kappa shape index (κ1) is 11.8. The van der Waals surface area contributed by atoms with E-state index in [1.54, 1.807) is 11.1 Å². The standard InChI is InChI=1S/C11H15N3O3/c1-7-5-12-11(13-8(7)2)14-3-4-17-6-9(14)10(15)16/h5,9H,3-4,6H2,1-2H3,(H,15,16). The second-order valence-corrected chi connectivity index (χ2v) is 4.06. The number of carbonyl (C=O) groups is 1. The molecule has 6 nitrogen and oxygen atoms in total. The molecule has 1 atom stereocenters. The number of aliphatic carboxylic acids is 1. The van der Waals surface area contributed by atoms with E-state index in [1.807, 2.05) is 13.8 Å². The van der Waals surface area contributed by atoms with E-state index in [0.29, 0.717) is 19.1 Å². The Morgan fingerprint density at radius 2 is 2.35 bits per heavy atom. The number of carboxylic acid groups (broad SMARTS) is 1. The summed E-state index contributed by atoms with van der Waals surface area (Å²) >= 11 is 0. The van der Waals surface area contributed by atoms with Crippen LogP contribution in [0.4, 0.5) is 5.95 Å². The maximum atomic E-state index is 11.1. The summed E-state index contributed by atoms with van der Waals surface area (Å²) in [6.07, 6.45) is 1.71. The number of ether oxygens (including phenoxy) is 1. The van der Waals surface area contributed by atoms with Gasteiger partial charge in [-0.05, 0) is 19.4 Å². The predicted octanol–water partition coefficient (Wildman–Crippen LogP) is 0.383. The molecule has 0 aromatic carbocycles. The molecule has 0 saturated carbocycles. The SMILES string of the molecule is Cc1cnc(N2CCOCC2C(=O)O)nc1C. The van der Waals surface area contributed by atoms with Crippen molar-refractivity contribution in [1.82, 2.24) is 9.97 Å². The van der Waals surface area contributed by atoms with Crippen LogP contribution in [-0.2, 0) is 9.53 Å². The van der Waals surface area contributed by atoms with Gasteiger partial charge in [0.1, 0.15) is 0 Å². The molecular weight excluding hydrogens is 222 g/mol. The summed E-state index contributed by atoms with van der Waals surface area (Å²) in [5, 5.41) is 9.12. The highest BCUT2D eigenvalue weighted by atomic mass is 16.5. The van der Waals surface area contributed by atoms with Crippen molar-refractivity contribution in [2.24, 2.45) is 0 Å². The van der Waals surface area contributed by atoms with E-state index in [9.17, 15) is 4.79 Å². The van der Waals surface area contributed by atoms with Gasteiger partial charge >= 0.3 is 5.97 Å². The third-order valence-corrected chi connectivity index (χ3v) is 2.88. The lowest BCUT2D eigenvalue weighted by atomic mass is 10.2. The van der Waals surface area contributed by atoms with Crippen molar-refractivity contribution in [1.29, 1.82) is 0 Å². The molecule has 1 aromatic heterocycles. The van der Waals surface area contributed by atoms with Crippen LogP contribution in [0, 0.1) is 13.8 Å². The highest BCUT2D eigenvalue weighted by Gasteiger charge is 2.31. The Morgan fingerprint density at radius 1 is 1.59 bits per heavy atom. The topological polar surface area (TPSA) is 75.6 Å². The van der Waals surface area contributed by atoms with Crippen LogP contribution in [0.1, 0.15) is 11.3 Å². The van der Waals surface area contributed by atoms with Gasteiger partial charge in [-0.3, -0.25) is 0 Å². The maximum Gasteiger partial charge on any atom is 0.328 e. The number of anilines is 1. The molecule has 1 aliphatic heterocycles. The van der Waals surface area contributed by atoms with Gasteiger partial charge in [0.25, 0.3) is 0 Å². The molecule has 17 heavy (non-hydrogen) atoms. The van der Waals surface area contributed by atoms with Gasteiger partial charge in [0.05, 0.1) is 13.2 Å². The van der Waals surface area contributed by atoms with Crippen LogP contribution in [0.3, 0.4) is 0 Å². The van der Waals surface area contributed by atoms with Crippen LogP contribution < -0.4 is 4.90 Å². The van der Waals surface area contributed by atoms with Crippen LogP contribution >= 0.6 is 0 Å². The summed E-state index contributed by atoms with van der Waals surface area (Å²) in [6, 6.07) is -0.703. The minimum Gasteiger partial charge on any atom is -0.480 e. The van der Waals surface area contributed by atoms with E-state index < -0.39 is 12.0 Å². The first-order chi connectivity index (χ1) is 8.09. The zero-order valence-electron chi connectivity index (χ0n) is 9.88. The fraction of sp³-hybridized carbons (Fsp3) is 0.545. The number of aryl methyl sites for hydroxylation is 2. The third kappa shape index (κ3) is 2.36. The van der Waals surface area contributed by atoms with Crippen LogP contribution in [0.15, 0.2) is 6.20 Å². The Balaban J connectivity index is 2.29. The number of carboxylic acids is 1. The molecular formula is C11H15N3O3. The van der Waals surface area contributed by atoms with Crippen LogP contribution in [0.2, 0.25) is 0 Å². The number of hydrogen-bond donors (Lipinski definition) is 1. The number of rotatable bonds is 2. The van der Waals surface area contributed by atoms with E-state index in [2.05, 4.69) is 9.97 Å². The molecule has 1 aliphatic rings. The average molecular weight is 237 g/mol. The number of aromatic nitrogens is 2. The molecule has 2 heterocycles. The lowest BCUT2D eigenvalue weighted by Crippen LogP contribution is -2.50. The molecule has 1 saturated heterocycles. The number of morpholine rings is 1. The monoisotopic (exact) mass is 237 g/mol. The fourth-order valence-electron chi connectivity index (χ4n) is 1.70. The van der Waals surface area contributed by atoms with Crippen molar-refractivity contribution < 1.29 is 14.6 Å². The van der Waals surface area contributed by atoms with Crippen LogP contribution in [0.25, 0.3) is 0 Å². The molecule has 1 aromatic rings. The minimum absolute atomic E-state index is 0.172. The Labute approximate surface area is 99.2 Å². The van der Waals surface area contributed by atoms with Gasteiger partial charge in [-0.2, -0.15) is 0 Å². The quantitative estimate of drug-likeness (QED) is 0.801. The van der Waals surface area contributed by atoms with Crippen molar-refractivity contribution in [3.63, 3.8) is 0 Å². The predicted molar refractivity (Wildman–Crippen MR) is 61.1 cm³/mol. The Morgan fingerprint density at radius 3 is 3.00 bits per heavy atom. The normalized spacial score (nSPS) is 20.4. The van der Waals surface area contributed by atoms with Gasteiger partial charge < -0.3 is 14.7 Å². The first-order valence-corrected chi connectivity index (χ1v) is 5.47. The van der Waals surface area contributed by atoms with Crippen molar-refractivity contribution in [3.05, 3.63) is 17.5 Å².